The number of imidazole rings is 1. The Balaban J connectivity index is 0.972. The summed E-state index contributed by atoms with van der Waals surface area (Å²) in [6.45, 7) is 3.92. The third-order valence-electron chi connectivity index (χ3n) is 11.4. The van der Waals surface area contributed by atoms with Gasteiger partial charge in [0.2, 0.25) is 5.95 Å². The summed E-state index contributed by atoms with van der Waals surface area (Å²) in [6.07, 6.45) is 9.88. The SMILES string of the molecule is COc1cc(N2CCC(N3CCC(CCS(C)(=O)=O)CC3)CC2)ccc1Nc1nccc(-c2c(-c3cccc(C(=O)Nc4c(F)cccc4F)c3)nc3ccccn23)n1. The maximum absolute atomic E-state index is 14.3. The zero-order chi connectivity index (χ0) is 41.1. The van der Waals surface area contributed by atoms with Crippen LogP contribution in [0.25, 0.3) is 28.3 Å². The molecule has 0 unspecified atom stereocenters. The number of pyridine rings is 1. The van der Waals surface area contributed by atoms with Crippen LogP contribution in [0.3, 0.4) is 0 Å². The van der Waals surface area contributed by atoms with Gasteiger partial charge in [0.05, 0.1) is 35.6 Å². The predicted molar refractivity (Wildman–Crippen MR) is 226 cm³/mol. The number of nitrogens with one attached hydrogen (secondary N) is 2. The highest BCUT2D eigenvalue weighted by atomic mass is 32.2. The second-order valence-corrected chi connectivity index (χ2v) is 17.5. The first-order valence-electron chi connectivity index (χ1n) is 19.8. The average molecular weight is 821 g/mol. The second kappa shape index (κ2) is 17.1. The molecule has 0 atom stereocenters. The van der Waals surface area contributed by atoms with E-state index in [2.05, 4.69) is 31.5 Å². The lowest BCUT2D eigenvalue weighted by atomic mass is 9.91. The van der Waals surface area contributed by atoms with Gasteiger partial charge in [0.15, 0.2) is 0 Å². The number of amides is 1. The number of piperidine rings is 2. The van der Waals surface area contributed by atoms with Gasteiger partial charge >= 0.3 is 0 Å². The Morgan fingerprint density at radius 3 is 2.39 bits per heavy atom. The quantitative estimate of drug-likeness (QED) is 0.126. The molecule has 1 amide bonds. The van der Waals surface area contributed by atoms with Crippen LogP contribution in [0, 0.1) is 17.6 Å². The van der Waals surface area contributed by atoms with Crippen LogP contribution in [0.1, 0.15) is 42.5 Å². The van der Waals surface area contributed by atoms with Crippen LogP contribution in [0.5, 0.6) is 5.75 Å². The van der Waals surface area contributed by atoms with Gasteiger partial charge < -0.3 is 25.2 Å². The fraction of sp³-hybridized carbons (Fsp3) is 0.318. The van der Waals surface area contributed by atoms with E-state index in [0.717, 1.165) is 76.1 Å². The highest BCUT2D eigenvalue weighted by Crippen LogP contribution is 2.36. The highest BCUT2D eigenvalue weighted by molar-refractivity contribution is 7.90. The first-order valence-corrected chi connectivity index (χ1v) is 21.9. The summed E-state index contributed by atoms with van der Waals surface area (Å²) < 4.78 is 59.7. The van der Waals surface area contributed by atoms with E-state index < -0.39 is 33.1 Å². The van der Waals surface area contributed by atoms with Crippen LogP contribution >= 0.6 is 0 Å². The molecule has 0 aliphatic carbocycles. The van der Waals surface area contributed by atoms with E-state index in [1.807, 2.05) is 47.0 Å². The number of methoxy groups -OCH3 is 1. The normalized spacial score (nSPS) is 15.7. The number of anilines is 4. The first kappa shape index (κ1) is 39.9. The van der Waals surface area contributed by atoms with E-state index in [1.54, 1.807) is 37.6 Å². The van der Waals surface area contributed by atoms with Crippen LogP contribution < -0.4 is 20.3 Å². The Kier molecular flexibility index (Phi) is 11.6. The van der Waals surface area contributed by atoms with E-state index in [0.29, 0.717) is 57.6 Å². The molecule has 12 nitrogen and oxygen atoms in total. The summed E-state index contributed by atoms with van der Waals surface area (Å²) in [6, 6.07) is 24.1. The molecule has 2 aliphatic rings. The van der Waals surface area contributed by atoms with E-state index in [9.17, 15) is 22.0 Å². The lowest BCUT2D eigenvalue weighted by Crippen LogP contribution is -2.47. The number of nitrogens with zero attached hydrogens (tertiary/aromatic N) is 6. The standard InChI is InChI=1S/C44H46F2N8O4S/c1-58-38-28-33(53-24-17-32(18-25-53)52-22-15-29(16-23-52)19-26-59(2,56)57)12-13-36(38)48-44-47-20-14-37(49-44)42-40(50-39-11-3-4-21-54(39)42)30-7-5-8-31(27-30)43(55)51-41-34(45)9-6-10-35(41)46/h3-14,20-21,27-29,32H,15-19,22-26H2,1-2H3,(H,51,55)(H,47,48,49). The van der Waals surface area contributed by atoms with Crippen LogP contribution in [-0.4, -0.2) is 89.9 Å². The molecule has 0 radical (unpaired) electrons. The molecule has 306 valence electrons. The van der Waals surface area contributed by atoms with E-state index in [4.69, 9.17) is 14.7 Å². The van der Waals surface area contributed by atoms with Crippen molar-refractivity contribution in [3.8, 4) is 28.4 Å². The van der Waals surface area contributed by atoms with Crippen molar-refractivity contribution in [1.29, 1.82) is 0 Å². The van der Waals surface area contributed by atoms with Gasteiger partial charge in [-0.1, -0.05) is 24.3 Å². The number of benzene rings is 3. The van der Waals surface area contributed by atoms with Crippen LogP contribution in [0.15, 0.2) is 97.3 Å². The molecule has 5 heterocycles. The van der Waals surface area contributed by atoms with Crippen molar-refractivity contribution in [1.82, 2.24) is 24.3 Å². The molecule has 2 aliphatic heterocycles. The third-order valence-corrected chi connectivity index (χ3v) is 12.3. The minimum Gasteiger partial charge on any atom is -0.494 e. The molecule has 2 N–H and O–H groups in total. The Morgan fingerprint density at radius 2 is 1.64 bits per heavy atom. The van der Waals surface area contributed by atoms with Gasteiger partial charge in [0.1, 0.15) is 38.6 Å². The first-order chi connectivity index (χ1) is 28.5. The highest BCUT2D eigenvalue weighted by Gasteiger charge is 2.29. The number of rotatable bonds is 12. The molecule has 15 heteroatoms. The number of hydrogen-bond acceptors (Lipinski definition) is 10. The van der Waals surface area contributed by atoms with Gasteiger partial charge in [-0.2, -0.15) is 0 Å². The number of carbonyl (C=O) groups excluding carboxylic acids is 1. The molecule has 2 saturated heterocycles. The second-order valence-electron chi connectivity index (χ2n) is 15.3. The molecule has 3 aromatic carbocycles. The summed E-state index contributed by atoms with van der Waals surface area (Å²) in [7, 11) is -1.28. The van der Waals surface area contributed by atoms with Crippen molar-refractivity contribution >= 4 is 44.4 Å². The maximum Gasteiger partial charge on any atom is 0.255 e. The summed E-state index contributed by atoms with van der Waals surface area (Å²) in [5, 5.41) is 5.70. The van der Waals surface area contributed by atoms with Crippen molar-refractivity contribution in [2.24, 2.45) is 5.92 Å². The Hall–Kier alpha value is -5.93. The van der Waals surface area contributed by atoms with E-state index in [-0.39, 0.29) is 11.3 Å². The topological polar surface area (TPSA) is 134 Å². The van der Waals surface area contributed by atoms with Gasteiger partial charge in [-0.15, -0.1) is 0 Å². The average Bonchev–Trinajstić information content (AvgIpc) is 3.64. The zero-order valence-corrected chi connectivity index (χ0v) is 33.8. The number of ether oxygens (including phenoxy) is 1. The fourth-order valence-electron chi connectivity index (χ4n) is 8.18. The third kappa shape index (κ3) is 9.05. The van der Waals surface area contributed by atoms with Gasteiger partial charge in [0.25, 0.3) is 5.91 Å². The van der Waals surface area contributed by atoms with Crippen molar-refractivity contribution in [2.75, 3.05) is 60.8 Å². The van der Waals surface area contributed by atoms with Crippen molar-refractivity contribution in [3.63, 3.8) is 0 Å². The Bertz CT molecular complexity index is 2570. The summed E-state index contributed by atoms with van der Waals surface area (Å²) >= 11 is 0. The number of aromatic nitrogens is 4. The van der Waals surface area contributed by atoms with Crippen LogP contribution in [0.2, 0.25) is 0 Å². The molecule has 6 aromatic rings. The predicted octanol–water partition coefficient (Wildman–Crippen LogP) is 7.86. The van der Waals surface area contributed by atoms with Crippen LogP contribution in [0.4, 0.5) is 31.8 Å². The zero-order valence-electron chi connectivity index (χ0n) is 32.9. The van der Waals surface area contributed by atoms with Crippen molar-refractivity contribution in [3.05, 3.63) is 115 Å². The lowest BCUT2D eigenvalue weighted by Gasteiger charge is -2.42. The summed E-state index contributed by atoms with van der Waals surface area (Å²) in [4.78, 5) is 32.5. The molecule has 59 heavy (non-hydrogen) atoms. The van der Waals surface area contributed by atoms with Gasteiger partial charge in [-0.3, -0.25) is 9.20 Å². The number of fused-ring (bicyclic) bond motifs is 1. The number of likely N-dealkylation sites (tertiary alicyclic amines) is 1. The molecular formula is C44H46F2N8O4S. The Labute approximate surface area is 342 Å². The molecule has 3 aromatic heterocycles. The maximum atomic E-state index is 14.3. The number of para-hydroxylation sites is 1. The molecule has 0 spiro atoms. The van der Waals surface area contributed by atoms with Crippen LogP contribution in [-0.2, 0) is 9.84 Å². The molecule has 8 rings (SSSR count). The number of sulfone groups is 1. The van der Waals surface area contributed by atoms with Gasteiger partial charge in [-0.05, 0) is 106 Å². The minimum atomic E-state index is -2.92. The largest absolute Gasteiger partial charge is 0.494 e. The molecule has 0 bridgehead atoms. The van der Waals surface area contributed by atoms with Gasteiger partial charge in [-0.25, -0.2) is 32.2 Å². The fourth-order valence-corrected chi connectivity index (χ4v) is 8.94. The Morgan fingerprint density at radius 1 is 0.881 bits per heavy atom. The molecule has 0 saturated carbocycles. The monoisotopic (exact) mass is 820 g/mol. The number of carbonyl (C=O) groups is 1. The van der Waals surface area contributed by atoms with E-state index in [1.165, 1.54) is 12.3 Å². The van der Waals surface area contributed by atoms with Gasteiger partial charge in [0, 0.05) is 60.7 Å². The lowest BCUT2D eigenvalue weighted by molar-refractivity contribution is 0.102. The molecular weight excluding hydrogens is 775 g/mol. The van der Waals surface area contributed by atoms with E-state index >= 15 is 0 Å². The van der Waals surface area contributed by atoms with Crippen molar-refractivity contribution < 1.29 is 26.7 Å². The number of hydrogen-bond donors (Lipinski definition) is 2. The number of halogens is 2. The summed E-state index contributed by atoms with van der Waals surface area (Å²) in [5.74, 6) is -0.649. The summed E-state index contributed by atoms with van der Waals surface area (Å²) in [5.41, 5.74) is 4.48. The molecule has 2 fully saturated rings. The van der Waals surface area contributed by atoms with Crippen molar-refractivity contribution in [2.45, 2.75) is 38.1 Å². The smallest absolute Gasteiger partial charge is 0.255 e. The minimum absolute atomic E-state index is 0.193.